The van der Waals surface area contributed by atoms with Crippen LogP contribution in [0, 0.1) is 12.3 Å². The summed E-state index contributed by atoms with van der Waals surface area (Å²) in [5.41, 5.74) is 1.82. The Morgan fingerprint density at radius 1 is 1.21 bits per heavy atom. The van der Waals surface area contributed by atoms with E-state index in [1.165, 1.54) is 6.92 Å². The summed E-state index contributed by atoms with van der Waals surface area (Å²) in [6, 6.07) is 7.35. The molecule has 3 nitrogen and oxygen atoms in total. The van der Waals surface area contributed by atoms with Crippen molar-refractivity contribution in [3.05, 3.63) is 35.4 Å². The summed E-state index contributed by atoms with van der Waals surface area (Å²) in [6.07, 6.45) is 0.312. The van der Waals surface area contributed by atoms with Crippen molar-refractivity contribution in [3.63, 3.8) is 0 Å². The molecule has 1 atom stereocenters. The summed E-state index contributed by atoms with van der Waals surface area (Å²) in [6.45, 7) is 9.35. The number of amides is 1. The lowest BCUT2D eigenvalue weighted by molar-refractivity contribution is -0.128. The lowest BCUT2D eigenvalue weighted by atomic mass is 9.84. The summed E-state index contributed by atoms with van der Waals surface area (Å²) in [7, 11) is 0. The molecule has 0 aliphatic carbocycles. The van der Waals surface area contributed by atoms with Gasteiger partial charge in [0.05, 0.1) is 12.5 Å². The molecule has 0 saturated carbocycles. The first-order chi connectivity index (χ1) is 8.71. The van der Waals surface area contributed by atoms with Crippen molar-refractivity contribution < 1.29 is 9.59 Å². The van der Waals surface area contributed by atoms with Gasteiger partial charge >= 0.3 is 0 Å². The van der Waals surface area contributed by atoms with Crippen LogP contribution in [0.2, 0.25) is 0 Å². The van der Waals surface area contributed by atoms with Crippen LogP contribution in [0.15, 0.2) is 24.3 Å². The number of carbonyl (C=O) groups excluding carboxylic acids is 2. The number of carbonyl (C=O) groups is 2. The molecule has 0 bridgehead atoms. The van der Waals surface area contributed by atoms with Gasteiger partial charge in [-0.1, -0.05) is 45.0 Å². The molecule has 1 amide bonds. The van der Waals surface area contributed by atoms with Gasteiger partial charge < -0.3 is 5.32 Å². The Morgan fingerprint density at radius 3 is 2.26 bits per heavy atom. The summed E-state index contributed by atoms with van der Waals surface area (Å²) in [5.74, 6) is -0.116. The zero-order chi connectivity index (χ0) is 14.6. The van der Waals surface area contributed by atoms with E-state index in [1.54, 1.807) is 0 Å². The number of benzene rings is 1. The summed E-state index contributed by atoms with van der Waals surface area (Å²) >= 11 is 0. The molecular weight excluding hydrogens is 238 g/mol. The van der Waals surface area contributed by atoms with Crippen molar-refractivity contribution >= 4 is 11.7 Å². The summed E-state index contributed by atoms with van der Waals surface area (Å²) < 4.78 is 0. The monoisotopic (exact) mass is 261 g/mol. The number of nitrogens with one attached hydrogen (secondary N) is 1. The van der Waals surface area contributed by atoms with Gasteiger partial charge in [0.15, 0.2) is 5.78 Å². The van der Waals surface area contributed by atoms with Crippen LogP contribution in [0.3, 0.4) is 0 Å². The number of rotatable bonds is 4. The Kier molecular flexibility index (Phi) is 4.87. The molecule has 0 spiro atoms. The lowest BCUT2D eigenvalue weighted by Crippen LogP contribution is -2.48. The minimum Gasteiger partial charge on any atom is -0.345 e. The maximum Gasteiger partial charge on any atom is 0.225 e. The second-order valence-corrected chi connectivity index (χ2v) is 6.08. The van der Waals surface area contributed by atoms with E-state index >= 15 is 0 Å². The normalized spacial score (nSPS) is 12.9. The van der Waals surface area contributed by atoms with E-state index in [9.17, 15) is 9.59 Å². The average Bonchev–Trinajstić information content (AvgIpc) is 2.27. The SMILES string of the molecule is CC(=O)C(NC(=O)Cc1ccccc1C)C(C)(C)C. The fourth-order valence-corrected chi connectivity index (χ4v) is 2.12. The molecule has 1 rings (SSSR count). The summed E-state index contributed by atoms with van der Waals surface area (Å²) in [4.78, 5) is 23.7. The van der Waals surface area contributed by atoms with Gasteiger partial charge in [-0.2, -0.15) is 0 Å². The smallest absolute Gasteiger partial charge is 0.225 e. The van der Waals surface area contributed by atoms with Gasteiger partial charge in [0.2, 0.25) is 5.91 Å². The zero-order valence-electron chi connectivity index (χ0n) is 12.4. The number of aryl methyl sites for hydroxylation is 1. The van der Waals surface area contributed by atoms with E-state index < -0.39 is 6.04 Å². The fraction of sp³-hybridized carbons (Fsp3) is 0.500. The van der Waals surface area contributed by atoms with Crippen LogP contribution >= 0.6 is 0 Å². The van der Waals surface area contributed by atoms with E-state index in [1.807, 2.05) is 52.0 Å². The van der Waals surface area contributed by atoms with Crippen LogP contribution in [0.5, 0.6) is 0 Å². The first-order valence-electron chi connectivity index (χ1n) is 6.56. The maximum absolute atomic E-state index is 12.1. The maximum atomic E-state index is 12.1. The molecule has 0 aromatic heterocycles. The highest BCUT2D eigenvalue weighted by atomic mass is 16.2. The van der Waals surface area contributed by atoms with Crippen molar-refractivity contribution in [2.24, 2.45) is 5.41 Å². The molecule has 0 aliphatic rings. The van der Waals surface area contributed by atoms with Gasteiger partial charge in [0, 0.05) is 0 Å². The molecule has 1 aromatic rings. The van der Waals surface area contributed by atoms with Crippen molar-refractivity contribution in [1.29, 1.82) is 0 Å². The molecule has 0 aliphatic heterocycles. The van der Waals surface area contributed by atoms with Crippen LogP contribution < -0.4 is 5.32 Å². The molecule has 0 saturated heterocycles. The van der Waals surface area contributed by atoms with Crippen LogP contribution in [-0.2, 0) is 16.0 Å². The fourth-order valence-electron chi connectivity index (χ4n) is 2.12. The topological polar surface area (TPSA) is 46.2 Å². The minimum absolute atomic E-state index is 0.00867. The second-order valence-electron chi connectivity index (χ2n) is 6.08. The van der Waals surface area contributed by atoms with Gasteiger partial charge in [0.25, 0.3) is 0 Å². The number of ketones is 1. The lowest BCUT2D eigenvalue weighted by Gasteiger charge is -2.29. The Labute approximate surface area is 115 Å². The zero-order valence-corrected chi connectivity index (χ0v) is 12.4. The Balaban J connectivity index is 2.75. The van der Waals surface area contributed by atoms with E-state index in [0.717, 1.165) is 11.1 Å². The van der Waals surface area contributed by atoms with Crippen molar-refractivity contribution in [3.8, 4) is 0 Å². The van der Waals surface area contributed by atoms with E-state index in [0.29, 0.717) is 6.42 Å². The Bertz CT molecular complexity index is 472. The summed E-state index contributed by atoms with van der Waals surface area (Å²) in [5, 5.41) is 2.84. The van der Waals surface area contributed by atoms with Crippen molar-refractivity contribution in [2.75, 3.05) is 0 Å². The molecule has 1 unspecified atom stereocenters. The Hall–Kier alpha value is -1.64. The highest BCUT2D eigenvalue weighted by Crippen LogP contribution is 2.20. The van der Waals surface area contributed by atoms with E-state index in [2.05, 4.69) is 5.32 Å². The molecular formula is C16H23NO2. The third kappa shape index (κ3) is 4.51. The molecule has 19 heavy (non-hydrogen) atoms. The molecule has 104 valence electrons. The van der Waals surface area contributed by atoms with Crippen LogP contribution in [0.1, 0.15) is 38.8 Å². The first-order valence-corrected chi connectivity index (χ1v) is 6.56. The van der Waals surface area contributed by atoms with Crippen molar-refractivity contribution in [1.82, 2.24) is 5.32 Å². The third-order valence-electron chi connectivity index (χ3n) is 3.19. The molecule has 0 heterocycles. The molecule has 1 aromatic carbocycles. The quantitative estimate of drug-likeness (QED) is 0.905. The molecule has 0 fully saturated rings. The molecule has 0 radical (unpaired) electrons. The van der Waals surface area contributed by atoms with Gasteiger partial charge in [0.1, 0.15) is 0 Å². The van der Waals surface area contributed by atoms with Crippen LogP contribution in [-0.4, -0.2) is 17.7 Å². The first kappa shape index (κ1) is 15.4. The second kappa shape index (κ2) is 6.00. The van der Waals surface area contributed by atoms with E-state index in [4.69, 9.17) is 0 Å². The van der Waals surface area contributed by atoms with Gasteiger partial charge in [-0.05, 0) is 30.4 Å². The molecule has 3 heteroatoms. The number of Topliss-reactive ketones (excluding diaryl/α,β-unsaturated/α-hetero) is 1. The van der Waals surface area contributed by atoms with Crippen molar-refractivity contribution in [2.45, 2.75) is 47.1 Å². The van der Waals surface area contributed by atoms with Gasteiger partial charge in [-0.25, -0.2) is 0 Å². The van der Waals surface area contributed by atoms with Gasteiger partial charge in [-0.3, -0.25) is 9.59 Å². The van der Waals surface area contributed by atoms with Crippen LogP contribution in [0.4, 0.5) is 0 Å². The highest BCUT2D eigenvalue weighted by Gasteiger charge is 2.29. The predicted molar refractivity (Wildman–Crippen MR) is 76.9 cm³/mol. The van der Waals surface area contributed by atoms with E-state index in [-0.39, 0.29) is 17.1 Å². The van der Waals surface area contributed by atoms with Crippen LogP contribution in [0.25, 0.3) is 0 Å². The molecule has 1 N–H and O–H groups in total. The standard InChI is InChI=1S/C16H23NO2/c1-11-8-6-7-9-13(11)10-14(19)17-15(12(2)18)16(3,4)5/h6-9,15H,10H2,1-5H3,(H,17,19). The van der Waals surface area contributed by atoms with Gasteiger partial charge in [-0.15, -0.1) is 0 Å². The average molecular weight is 261 g/mol. The largest absolute Gasteiger partial charge is 0.345 e. The minimum atomic E-state index is -0.441. The number of hydrogen-bond donors (Lipinski definition) is 1. The number of hydrogen-bond acceptors (Lipinski definition) is 2. The Morgan fingerprint density at radius 2 is 1.79 bits per heavy atom. The third-order valence-corrected chi connectivity index (χ3v) is 3.19. The highest BCUT2D eigenvalue weighted by molar-refractivity contribution is 5.88. The predicted octanol–water partition coefficient (Wildman–Crippen LogP) is 2.66.